The third kappa shape index (κ3) is 4.49. The van der Waals surface area contributed by atoms with E-state index < -0.39 is 34.6 Å². The fourth-order valence-corrected chi connectivity index (χ4v) is 4.18. The lowest BCUT2D eigenvalue weighted by atomic mass is 10.1. The summed E-state index contributed by atoms with van der Waals surface area (Å²) >= 11 is 0. The van der Waals surface area contributed by atoms with Crippen molar-refractivity contribution in [2.45, 2.75) is 19.4 Å². The Labute approximate surface area is 122 Å². The second kappa shape index (κ2) is 6.51. The van der Waals surface area contributed by atoms with E-state index in [4.69, 9.17) is 0 Å². The Morgan fingerprint density at radius 2 is 1.95 bits per heavy atom. The molecule has 1 aromatic carbocycles. The van der Waals surface area contributed by atoms with E-state index in [9.17, 15) is 22.0 Å². The molecule has 0 radical (unpaired) electrons. The van der Waals surface area contributed by atoms with Gasteiger partial charge in [0.25, 0.3) is 6.43 Å². The number of carbonyl (C=O) groups excluding carboxylic acids is 1. The predicted molar refractivity (Wildman–Crippen MR) is 74.6 cm³/mol. The Morgan fingerprint density at radius 3 is 2.48 bits per heavy atom. The summed E-state index contributed by atoms with van der Waals surface area (Å²) in [6, 6.07) is 8.82. The number of nitrogens with zero attached hydrogens (tertiary/aromatic N) is 1. The maximum Gasteiger partial charge on any atom is 0.255 e. The van der Waals surface area contributed by atoms with Crippen LogP contribution in [-0.2, 0) is 21.2 Å². The van der Waals surface area contributed by atoms with Gasteiger partial charge in [-0.15, -0.1) is 0 Å². The van der Waals surface area contributed by atoms with Crippen LogP contribution in [0.15, 0.2) is 30.3 Å². The molecule has 1 aliphatic rings. The number of amides is 1. The summed E-state index contributed by atoms with van der Waals surface area (Å²) < 4.78 is 48.2. The minimum Gasteiger partial charge on any atom is -0.332 e. The van der Waals surface area contributed by atoms with E-state index in [1.807, 2.05) is 0 Å². The summed E-state index contributed by atoms with van der Waals surface area (Å²) in [4.78, 5) is 13.4. The lowest BCUT2D eigenvalue weighted by Gasteiger charge is -2.25. The van der Waals surface area contributed by atoms with Crippen molar-refractivity contribution in [3.63, 3.8) is 0 Å². The second-order valence-electron chi connectivity index (χ2n) is 5.20. The SMILES string of the molecule is O=C([C@@H]1CCS(=O)(=O)C1)N(Cc1ccccc1)CC(F)F. The zero-order valence-electron chi connectivity index (χ0n) is 11.4. The molecule has 1 aliphatic heterocycles. The summed E-state index contributed by atoms with van der Waals surface area (Å²) in [5.41, 5.74) is 0.743. The van der Waals surface area contributed by atoms with Crippen molar-refractivity contribution in [2.24, 2.45) is 5.92 Å². The van der Waals surface area contributed by atoms with Crippen molar-refractivity contribution in [3.8, 4) is 0 Å². The fourth-order valence-electron chi connectivity index (χ4n) is 2.45. The van der Waals surface area contributed by atoms with Gasteiger partial charge in [0, 0.05) is 6.54 Å². The minimum atomic E-state index is -3.21. The molecule has 116 valence electrons. The first kappa shape index (κ1) is 15.9. The topological polar surface area (TPSA) is 54.5 Å². The molecule has 1 atom stereocenters. The Hall–Kier alpha value is -1.50. The minimum absolute atomic E-state index is 0.0444. The lowest BCUT2D eigenvalue weighted by Crippen LogP contribution is -2.39. The van der Waals surface area contributed by atoms with Gasteiger partial charge in [-0.1, -0.05) is 30.3 Å². The van der Waals surface area contributed by atoms with E-state index in [0.29, 0.717) is 0 Å². The van der Waals surface area contributed by atoms with Gasteiger partial charge in [0.05, 0.1) is 24.0 Å². The Morgan fingerprint density at radius 1 is 1.29 bits per heavy atom. The number of alkyl halides is 2. The van der Waals surface area contributed by atoms with Crippen LogP contribution in [0.3, 0.4) is 0 Å². The third-order valence-corrected chi connectivity index (χ3v) is 5.24. The van der Waals surface area contributed by atoms with Crippen LogP contribution in [0.5, 0.6) is 0 Å². The molecule has 7 heteroatoms. The normalized spacial score (nSPS) is 20.6. The number of hydrogen-bond donors (Lipinski definition) is 0. The van der Waals surface area contributed by atoms with Gasteiger partial charge in [-0.3, -0.25) is 4.79 Å². The first-order chi connectivity index (χ1) is 9.87. The van der Waals surface area contributed by atoms with Crippen LogP contribution >= 0.6 is 0 Å². The fraction of sp³-hybridized carbons (Fsp3) is 0.500. The van der Waals surface area contributed by atoms with Crippen molar-refractivity contribution in [3.05, 3.63) is 35.9 Å². The van der Waals surface area contributed by atoms with Crippen LogP contribution in [0, 0.1) is 5.92 Å². The number of halogens is 2. The molecular weight excluding hydrogens is 300 g/mol. The van der Waals surface area contributed by atoms with Crippen molar-refractivity contribution in [2.75, 3.05) is 18.1 Å². The monoisotopic (exact) mass is 317 g/mol. The average Bonchev–Trinajstić information content (AvgIpc) is 2.78. The zero-order chi connectivity index (χ0) is 15.5. The van der Waals surface area contributed by atoms with Crippen LogP contribution in [0.2, 0.25) is 0 Å². The predicted octanol–water partition coefficient (Wildman–Crippen LogP) is 1.71. The Bertz CT molecular complexity index is 589. The van der Waals surface area contributed by atoms with E-state index in [-0.39, 0.29) is 24.5 Å². The van der Waals surface area contributed by atoms with Crippen LogP contribution < -0.4 is 0 Å². The largest absolute Gasteiger partial charge is 0.332 e. The molecule has 0 unspecified atom stereocenters. The highest BCUT2D eigenvalue weighted by Gasteiger charge is 2.36. The molecule has 0 saturated carbocycles. The van der Waals surface area contributed by atoms with E-state index in [2.05, 4.69) is 0 Å². The van der Waals surface area contributed by atoms with E-state index in [0.717, 1.165) is 10.5 Å². The molecule has 1 heterocycles. The molecule has 4 nitrogen and oxygen atoms in total. The molecule has 1 fully saturated rings. The van der Waals surface area contributed by atoms with E-state index in [1.165, 1.54) is 0 Å². The molecule has 0 spiro atoms. The van der Waals surface area contributed by atoms with Gasteiger partial charge in [0.1, 0.15) is 0 Å². The molecule has 21 heavy (non-hydrogen) atoms. The number of benzene rings is 1. The number of sulfone groups is 1. The van der Waals surface area contributed by atoms with Crippen molar-refractivity contribution >= 4 is 15.7 Å². The maximum absolute atomic E-state index is 12.7. The van der Waals surface area contributed by atoms with Gasteiger partial charge in [0.2, 0.25) is 5.91 Å². The molecular formula is C14H17F2NO3S. The highest BCUT2D eigenvalue weighted by molar-refractivity contribution is 7.91. The highest BCUT2D eigenvalue weighted by atomic mass is 32.2. The summed E-state index contributed by atoms with van der Waals surface area (Å²) in [5.74, 6) is -1.48. The number of hydrogen-bond acceptors (Lipinski definition) is 3. The van der Waals surface area contributed by atoms with Crippen LogP contribution in [0.4, 0.5) is 8.78 Å². The molecule has 2 rings (SSSR count). The van der Waals surface area contributed by atoms with Crippen LogP contribution in [0.25, 0.3) is 0 Å². The summed E-state index contributed by atoms with van der Waals surface area (Å²) in [6.45, 7) is -0.606. The van der Waals surface area contributed by atoms with Gasteiger partial charge in [-0.05, 0) is 12.0 Å². The van der Waals surface area contributed by atoms with Gasteiger partial charge in [-0.25, -0.2) is 17.2 Å². The molecule has 1 amide bonds. The molecule has 0 aliphatic carbocycles. The lowest BCUT2D eigenvalue weighted by molar-refractivity contribution is -0.137. The summed E-state index contributed by atoms with van der Waals surface area (Å²) in [5, 5.41) is 0. The number of rotatable bonds is 5. The first-order valence-electron chi connectivity index (χ1n) is 6.68. The van der Waals surface area contributed by atoms with Gasteiger partial charge in [-0.2, -0.15) is 0 Å². The Balaban J connectivity index is 2.10. The molecule has 1 saturated heterocycles. The quantitative estimate of drug-likeness (QED) is 0.831. The first-order valence-corrected chi connectivity index (χ1v) is 8.51. The van der Waals surface area contributed by atoms with Gasteiger partial charge < -0.3 is 4.90 Å². The third-order valence-electron chi connectivity index (χ3n) is 3.47. The molecule has 0 aromatic heterocycles. The van der Waals surface area contributed by atoms with Crippen LogP contribution in [-0.4, -0.2) is 43.7 Å². The smallest absolute Gasteiger partial charge is 0.255 e. The summed E-state index contributed by atoms with van der Waals surface area (Å²) in [7, 11) is -3.21. The Kier molecular flexibility index (Phi) is 4.92. The van der Waals surface area contributed by atoms with Crippen molar-refractivity contribution in [1.29, 1.82) is 0 Å². The van der Waals surface area contributed by atoms with Crippen LogP contribution in [0.1, 0.15) is 12.0 Å². The maximum atomic E-state index is 12.7. The van der Waals surface area contributed by atoms with Gasteiger partial charge >= 0.3 is 0 Å². The highest BCUT2D eigenvalue weighted by Crippen LogP contribution is 2.22. The number of carbonyl (C=O) groups is 1. The molecule has 0 bridgehead atoms. The van der Waals surface area contributed by atoms with Crippen molar-refractivity contribution in [1.82, 2.24) is 4.90 Å². The molecule has 1 aromatic rings. The summed E-state index contributed by atoms with van der Waals surface area (Å²) in [6.07, 6.45) is -2.42. The van der Waals surface area contributed by atoms with Gasteiger partial charge in [0.15, 0.2) is 9.84 Å². The standard InChI is InChI=1S/C14H17F2NO3S/c15-13(16)9-17(8-11-4-2-1-3-5-11)14(18)12-6-7-21(19,20)10-12/h1-5,12-13H,6-10H2/t12-/m1/s1. The van der Waals surface area contributed by atoms with E-state index >= 15 is 0 Å². The average molecular weight is 317 g/mol. The molecule has 0 N–H and O–H groups in total. The van der Waals surface area contributed by atoms with Crippen molar-refractivity contribution < 1.29 is 22.0 Å². The zero-order valence-corrected chi connectivity index (χ0v) is 12.2. The second-order valence-corrected chi connectivity index (χ2v) is 7.42. The van der Waals surface area contributed by atoms with E-state index in [1.54, 1.807) is 30.3 Å².